The molecule has 1 aromatic rings. The molecule has 9 heteroatoms. The van der Waals surface area contributed by atoms with E-state index in [-0.39, 0.29) is 23.9 Å². The van der Waals surface area contributed by atoms with E-state index in [1.807, 2.05) is 0 Å². The maximum absolute atomic E-state index is 11.1. The molecule has 0 radical (unpaired) electrons. The molecule has 0 saturated heterocycles. The number of aryl methyl sites for hydroxylation is 1. The number of primary amides is 2. The summed E-state index contributed by atoms with van der Waals surface area (Å²) in [5.41, 5.74) is 17.8. The Balaban J connectivity index is 3.38. The highest BCUT2D eigenvalue weighted by molar-refractivity contribution is 7.80. The van der Waals surface area contributed by atoms with Crippen molar-refractivity contribution in [2.75, 3.05) is 18.0 Å². The summed E-state index contributed by atoms with van der Waals surface area (Å²) in [6, 6.07) is 0. The van der Waals surface area contributed by atoms with E-state index in [0.717, 1.165) is 5.56 Å². The van der Waals surface area contributed by atoms with Crippen LogP contribution in [0.1, 0.15) is 16.8 Å². The lowest BCUT2D eigenvalue weighted by molar-refractivity contribution is -0.117. The van der Waals surface area contributed by atoms with Crippen LogP contribution in [0.5, 0.6) is 0 Å². The van der Waals surface area contributed by atoms with E-state index in [1.165, 1.54) is 4.90 Å². The third kappa shape index (κ3) is 3.60. The molecule has 0 aromatic carbocycles. The van der Waals surface area contributed by atoms with Crippen molar-refractivity contribution in [2.45, 2.75) is 13.8 Å². The highest BCUT2D eigenvalue weighted by Gasteiger charge is 2.21. The topological polar surface area (TPSA) is 141 Å². The smallest absolute Gasteiger partial charge is 0.237 e. The van der Waals surface area contributed by atoms with E-state index in [0.29, 0.717) is 11.3 Å². The lowest BCUT2D eigenvalue weighted by Crippen LogP contribution is -2.41. The molecule has 1 heterocycles. The fourth-order valence-electron chi connectivity index (χ4n) is 1.69. The molecule has 0 spiro atoms. The number of nitrogens with two attached hydrogens (primary N) is 3. The number of thiocarbonyl (C=S) groups is 1. The number of aromatic nitrogens is 2. The average molecular weight is 296 g/mol. The summed E-state index contributed by atoms with van der Waals surface area (Å²) in [5.74, 6) is -1.06. The molecule has 6 N–H and O–H groups in total. The average Bonchev–Trinajstić information content (AvgIpc) is 2.29. The van der Waals surface area contributed by atoms with Gasteiger partial charge in [-0.1, -0.05) is 12.2 Å². The van der Waals surface area contributed by atoms with Gasteiger partial charge in [0.2, 0.25) is 11.8 Å². The molecule has 0 atom stereocenters. The summed E-state index contributed by atoms with van der Waals surface area (Å²) in [5, 5.41) is 7.91. The van der Waals surface area contributed by atoms with Crippen molar-refractivity contribution in [3.63, 3.8) is 0 Å². The minimum Gasteiger partial charge on any atom is -0.389 e. The Morgan fingerprint density at radius 3 is 2.00 bits per heavy atom. The molecule has 1 rings (SSSR count). The Morgan fingerprint density at radius 1 is 1.10 bits per heavy atom. The van der Waals surface area contributed by atoms with Gasteiger partial charge in [0.25, 0.3) is 0 Å². The number of carbonyl (C=O) groups is 2. The van der Waals surface area contributed by atoms with Crippen LogP contribution >= 0.6 is 12.2 Å². The second kappa shape index (κ2) is 6.24. The maximum atomic E-state index is 11.1. The first kappa shape index (κ1) is 15.8. The van der Waals surface area contributed by atoms with Crippen molar-refractivity contribution in [1.82, 2.24) is 10.2 Å². The maximum Gasteiger partial charge on any atom is 0.237 e. The molecular formula is C11H16N6O2S. The number of carbonyl (C=O) groups excluding carboxylic acids is 2. The zero-order valence-electron chi connectivity index (χ0n) is 11.2. The highest BCUT2D eigenvalue weighted by Crippen LogP contribution is 2.21. The highest BCUT2D eigenvalue weighted by atomic mass is 32.1. The second-order valence-corrected chi connectivity index (χ2v) is 4.70. The summed E-state index contributed by atoms with van der Waals surface area (Å²) < 4.78 is 0. The molecule has 20 heavy (non-hydrogen) atoms. The SMILES string of the molecule is Cc1nnc(N(CC(N)=O)CC(N)=O)c(C(N)=S)c1C. The first-order valence-corrected chi connectivity index (χ1v) is 6.10. The number of nitrogens with zero attached hydrogens (tertiary/aromatic N) is 3. The van der Waals surface area contributed by atoms with Gasteiger partial charge in [0.15, 0.2) is 5.82 Å². The predicted molar refractivity (Wildman–Crippen MR) is 78.0 cm³/mol. The van der Waals surface area contributed by atoms with Crippen molar-refractivity contribution >= 4 is 34.8 Å². The van der Waals surface area contributed by atoms with Crippen molar-refractivity contribution in [2.24, 2.45) is 17.2 Å². The number of anilines is 1. The van der Waals surface area contributed by atoms with E-state index in [2.05, 4.69) is 10.2 Å². The van der Waals surface area contributed by atoms with Crippen LogP contribution in [0.4, 0.5) is 5.82 Å². The summed E-state index contributed by atoms with van der Waals surface area (Å²) in [6.07, 6.45) is 0. The van der Waals surface area contributed by atoms with E-state index < -0.39 is 11.8 Å². The first-order valence-electron chi connectivity index (χ1n) is 5.69. The van der Waals surface area contributed by atoms with E-state index in [4.69, 9.17) is 29.4 Å². The number of rotatable bonds is 6. The minimum atomic E-state index is -0.639. The van der Waals surface area contributed by atoms with Gasteiger partial charge in [-0.05, 0) is 19.4 Å². The van der Waals surface area contributed by atoms with Crippen LogP contribution in [0.15, 0.2) is 0 Å². The Morgan fingerprint density at radius 2 is 1.60 bits per heavy atom. The summed E-state index contributed by atoms with van der Waals surface area (Å²) in [4.78, 5) is 23.6. The van der Waals surface area contributed by atoms with Crippen LogP contribution < -0.4 is 22.1 Å². The van der Waals surface area contributed by atoms with Gasteiger partial charge < -0.3 is 22.1 Å². The fourth-order valence-corrected chi connectivity index (χ4v) is 1.94. The zero-order valence-corrected chi connectivity index (χ0v) is 12.0. The van der Waals surface area contributed by atoms with Crippen LogP contribution in [-0.4, -0.2) is 40.1 Å². The molecular weight excluding hydrogens is 280 g/mol. The van der Waals surface area contributed by atoms with Crippen molar-refractivity contribution in [1.29, 1.82) is 0 Å². The molecule has 0 bridgehead atoms. The van der Waals surface area contributed by atoms with Gasteiger partial charge in [-0.15, -0.1) is 5.10 Å². The quantitative estimate of drug-likeness (QED) is 0.543. The molecule has 0 saturated carbocycles. The van der Waals surface area contributed by atoms with Crippen LogP contribution in [-0.2, 0) is 9.59 Å². The van der Waals surface area contributed by atoms with Crippen LogP contribution in [0.3, 0.4) is 0 Å². The largest absolute Gasteiger partial charge is 0.389 e. The Labute approximate surface area is 121 Å². The van der Waals surface area contributed by atoms with Gasteiger partial charge in [0, 0.05) is 0 Å². The molecule has 8 nitrogen and oxygen atoms in total. The normalized spacial score (nSPS) is 10.1. The third-order valence-electron chi connectivity index (χ3n) is 2.68. The molecule has 0 aliphatic carbocycles. The lowest BCUT2D eigenvalue weighted by atomic mass is 10.1. The van der Waals surface area contributed by atoms with Crippen molar-refractivity contribution in [3.8, 4) is 0 Å². The standard InChI is InChI=1S/C11H16N6O2S/c1-5-6(2)15-16-11(9(5)10(14)20)17(3-7(12)18)4-8(13)19/h3-4H2,1-2H3,(H2,12,18)(H2,13,19)(H2,14,20). The monoisotopic (exact) mass is 296 g/mol. The lowest BCUT2D eigenvalue weighted by Gasteiger charge is -2.23. The number of hydrogen-bond donors (Lipinski definition) is 3. The second-order valence-electron chi connectivity index (χ2n) is 4.26. The zero-order chi connectivity index (χ0) is 15.4. The van der Waals surface area contributed by atoms with Gasteiger partial charge in [0.05, 0.1) is 24.3 Å². The summed E-state index contributed by atoms with van der Waals surface area (Å²) in [7, 11) is 0. The van der Waals surface area contributed by atoms with Gasteiger partial charge in [0.1, 0.15) is 4.99 Å². The Bertz CT molecular complexity index is 558. The third-order valence-corrected chi connectivity index (χ3v) is 2.88. The predicted octanol–water partition coefficient (Wildman–Crippen LogP) is -1.50. The van der Waals surface area contributed by atoms with E-state index in [9.17, 15) is 9.59 Å². The molecule has 0 aliphatic rings. The molecule has 0 unspecified atom stereocenters. The van der Waals surface area contributed by atoms with Crippen molar-refractivity contribution < 1.29 is 9.59 Å². The van der Waals surface area contributed by atoms with Gasteiger partial charge >= 0.3 is 0 Å². The van der Waals surface area contributed by atoms with Crippen LogP contribution in [0, 0.1) is 13.8 Å². The van der Waals surface area contributed by atoms with Gasteiger partial charge in [-0.25, -0.2) is 0 Å². The molecule has 0 aliphatic heterocycles. The fraction of sp³-hybridized carbons (Fsp3) is 0.364. The molecule has 108 valence electrons. The minimum absolute atomic E-state index is 0.0921. The Hall–Kier alpha value is -2.29. The van der Waals surface area contributed by atoms with Gasteiger partial charge in [-0.2, -0.15) is 5.10 Å². The summed E-state index contributed by atoms with van der Waals surface area (Å²) in [6.45, 7) is 3.04. The van der Waals surface area contributed by atoms with Crippen molar-refractivity contribution in [3.05, 3.63) is 16.8 Å². The Kier molecular flexibility index (Phi) is 4.92. The molecule has 1 aromatic heterocycles. The molecule has 0 fully saturated rings. The van der Waals surface area contributed by atoms with Crippen LogP contribution in [0.2, 0.25) is 0 Å². The number of amides is 2. The summed E-state index contributed by atoms with van der Waals surface area (Å²) >= 11 is 4.99. The number of hydrogen-bond acceptors (Lipinski definition) is 6. The van der Waals surface area contributed by atoms with Gasteiger partial charge in [-0.3, -0.25) is 9.59 Å². The van der Waals surface area contributed by atoms with E-state index in [1.54, 1.807) is 13.8 Å². The molecule has 2 amide bonds. The first-order chi connectivity index (χ1) is 9.23. The van der Waals surface area contributed by atoms with E-state index >= 15 is 0 Å². The van der Waals surface area contributed by atoms with Crippen LogP contribution in [0.25, 0.3) is 0 Å².